The number of nitrogens with zero attached hydrogens (tertiary/aromatic N) is 1. The van der Waals surface area contributed by atoms with Gasteiger partial charge in [-0.1, -0.05) is 18.2 Å². The van der Waals surface area contributed by atoms with Crippen molar-refractivity contribution in [2.45, 2.75) is 13.5 Å². The quantitative estimate of drug-likeness (QED) is 0.435. The molecule has 0 bridgehead atoms. The molecule has 0 unspecified atom stereocenters. The van der Waals surface area contributed by atoms with Gasteiger partial charge < -0.3 is 14.8 Å². The number of hydrogen-bond acceptors (Lipinski definition) is 6. The van der Waals surface area contributed by atoms with Crippen LogP contribution in [0.4, 0.5) is 11.4 Å². The van der Waals surface area contributed by atoms with Gasteiger partial charge in [-0.05, 0) is 48.9 Å². The number of benzene rings is 2. The molecule has 2 N–H and O–H groups in total. The third-order valence-electron chi connectivity index (χ3n) is 4.55. The van der Waals surface area contributed by atoms with Gasteiger partial charge in [-0.25, -0.2) is 8.42 Å². The Morgan fingerprint density at radius 1 is 1.12 bits per heavy atom. The maximum Gasteiger partial charge on any atom is 0.248 e. The fourth-order valence-corrected chi connectivity index (χ4v) is 3.42. The zero-order chi connectivity index (χ0) is 23.7. The molecule has 1 amide bonds. The summed E-state index contributed by atoms with van der Waals surface area (Å²) in [6, 6.07) is 15.8. The zero-order valence-electron chi connectivity index (χ0n) is 18.3. The Bertz CT molecular complexity index is 1210. The SMILES string of the molecule is CCS(=O)(=O)Nc1ccc(NC(=O)C=Cc2ccc(OCc3cccnc3)cc2)cc1OC. The molecule has 3 rings (SSSR count). The van der Waals surface area contributed by atoms with E-state index in [0.29, 0.717) is 29.5 Å². The number of carbonyl (C=O) groups excluding carboxylic acids is 1. The molecule has 0 spiro atoms. The standard InChI is InChI=1S/C24H25N3O5S/c1-3-33(29,30)27-22-12-9-20(15-23(22)31-2)26-24(28)13-8-18-6-10-21(11-7-18)32-17-19-5-4-14-25-16-19/h4-16,27H,3,17H2,1-2H3,(H,26,28). The zero-order valence-corrected chi connectivity index (χ0v) is 19.1. The van der Waals surface area contributed by atoms with Crippen LogP contribution in [0.1, 0.15) is 18.1 Å². The minimum atomic E-state index is -3.44. The molecule has 0 radical (unpaired) electrons. The van der Waals surface area contributed by atoms with Gasteiger partial charge >= 0.3 is 0 Å². The number of methoxy groups -OCH3 is 1. The molecule has 9 heteroatoms. The molecule has 3 aromatic rings. The van der Waals surface area contributed by atoms with E-state index in [1.165, 1.54) is 19.3 Å². The van der Waals surface area contributed by atoms with Gasteiger partial charge in [-0.15, -0.1) is 0 Å². The molecule has 0 saturated carbocycles. The molecule has 33 heavy (non-hydrogen) atoms. The van der Waals surface area contributed by atoms with Crippen LogP contribution in [0.2, 0.25) is 0 Å². The summed E-state index contributed by atoms with van der Waals surface area (Å²) >= 11 is 0. The summed E-state index contributed by atoms with van der Waals surface area (Å²) in [5.41, 5.74) is 2.59. The lowest BCUT2D eigenvalue weighted by molar-refractivity contribution is -0.111. The second-order valence-corrected chi connectivity index (χ2v) is 8.97. The van der Waals surface area contributed by atoms with Gasteiger partial charge in [0.05, 0.1) is 18.6 Å². The average Bonchev–Trinajstić information content (AvgIpc) is 2.83. The number of ether oxygens (including phenoxy) is 2. The second kappa shape index (κ2) is 11.1. The smallest absolute Gasteiger partial charge is 0.248 e. The topological polar surface area (TPSA) is 107 Å². The Morgan fingerprint density at radius 2 is 1.91 bits per heavy atom. The molecule has 0 aliphatic heterocycles. The number of carbonyl (C=O) groups is 1. The molecule has 1 heterocycles. The van der Waals surface area contributed by atoms with Crippen LogP contribution in [0.5, 0.6) is 11.5 Å². The maximum absolute atomic E-state index is 12.3. The summed E-state index contributed by atoms with van der Waals surface area (Å²) in [6.45, 7) is 1.96. The van der Waals surface area contributed by atoms with Crippen LogP contribution in [0.25, 0.3) is 6.08 Å². The van der Waals surface area contributed by atoms with Crippen molar-refractivity contribution in [3.05, 3.63) is 84.2 Å². The van der Waals surface area contributed by atoms with E-state index in [1.54, 1.807) is 37.5 Å². The van der Waals surface area contributed by atoms with Gasteiger partial charge in [0.15, 0.2) is 0 Å². The molecule has 8 nitrogen and oxygen atoms in total. The highest BCUT2D eigenvalue weighted by molar-refractivity contribution is 7.92. The number of pyridine rings is 1. The van der Waals surface area contributed by atoms with Crippen LogP contribution in [-0.4, -0.2) is 32.2 Å². The summed E-state index contributed by atoms with van der Waals surface area (Å²) in [5, 5.41) is 2.73. The summed E-state index contributed by atoms with van der Waals surface area (Å²) in [6.07, 6.45) is 6.55. The monoisotopic (exact) mass is 467 g/mol. The lowest BCUT2D eigenvalue weighted by atomic mass is 10.2. The van der Waals surface area contributed by atoms with Crippen molar-refractivity contribution in [3.8, 4) is 11.5 Å². The minimum absolute atomic E-state index is 0.0585. The Hall–Kier alpha value is -3.85. The van der Waals surface area contributed by atoms with E-state index in [1.807, 2.05) is 36.4 Å². The first-order chi connectivity index (χ1) is 15.9. The Morgan fingerprint density at radius 3 is 2.58 bits per heavy atom. The van der Waals surface area contributed by atoms with Crippen molar-refractivity contribution >= 4 is 33.4 Å². The average molecular weight is 468 g/mol. The first-order valence-electron chi connectivity index (χ1n) is 10.2. The Balaban J connectivity index is 1.57. The van der Waals surface area contributed by atoms with Crippen molar-refractivity contribution in [1.29, 1.82) is 0 Å². The number of amides is 1. The number of hydrogen-bond donors (Lipinski definition) is 2. The van der Waals surface area contributed by atoms with Gasteiger partial charge in [0.2, 0.25) is 15.9 Å². The van der Waals surface area contributed by atoms with Crippen LogP contribution in [-0.2, 0) is 21.4 Å². The van der Waals surface area contributed by atoms with Crippen molar-refractivity contribution in [3.63, 3.8) is 0 Å². The first kappa shape index (κ1) is 23.8. The van der Waals surface area contributed by atoms with E-state index in [9.17, 15) is 13.2 Å². The third-order valence-corrected chi connectivity index (χ3v) is 5.84. The molecular weight excluding hydrogens is 442 g/mol. The predicted octanol–water partition coefficient (Wildman–Crippen LogP) is 4.08. The molecular formula is C24H25N3O5S. The fraction of sp³-hybridized carbons (Fsp3) is 0.167. The van der Waals surface area contributed by atoms with Gasteiger partial charge in [0, 0.05) is 35.8 Å². The molecule has 1 aromatic heterocycles. The van der Waals surface area contributed by atoms with Crippen molar-refractivity contribution in [1.82, 2.24) is 4.98 Å². The van der Waals surface area contributed by atoms with Crippen LogP contribution < -0.4 is 19.5 Å². The molecule has 172 valence electrons. The highest BCUT2D eigenvalue weighted by Gasteiger charge is 2.12. The largest absolute Gasteiger partial charge is 0.494 e. The van der Waals surface area contributed by atoms with Gasteiger partial charge in [0.1, 0.15) is 18.1 Å². The second-order valence-electron chi connectivity index (χ2n) is 6.96. The molecule has 0 aliphatic carbocycles. The van der Waals surface area contributed by atoms with Crippen molar-refractivity contribution in [2.24, 2.45) is 0 Å². The lowest BCUT2D eigenvalue weighted by Gasteiger charge is -2.12. The van der Waals surface area contributed by atoms with E-state index >= 15 is 0 Å². The first-order valence-corrected chi connectivity index (χ1v) is 11.8. The van der Waals surface area contributed by atoms with E-state index in [0.717, 1.165) is 11.1 Å². The molecule has 0 saturated heterocycles. The number of aromatic nitrogens is 1. The number of anilines is 2. The van der Waals surface area contributed by atoms with E-state index < -0.39 is 10.0 Å². The normalized spacial score (nSPS) is 11.2. The highest BCUT2D eigenvalue weighted by Crippen LogP contribution is 2.29. The van der Waals surface area contributed by atoms with Crippen LogP contribution in [0.3, 0.4) is 0 Å². The number of sulfonamides is 1. The van der Waals surface area contributed by atoms with Crippen LogP contribution in [0.15, 0.2) is 73.1 Å². The molecule has 0 aliphatic rings. The van der Waals surface area contributed by atoms with Gasteiger partial charge in [-0.3, -0.25) is 14.5 Å². The lowest BCUT2D eigenvalue weighted by Crippen LogP contribution is -2.15. The Labute approximate surface area is 193 Å². The molecule has 2 aromatic carbocycles. The summed E-state index contributed by atoms with van der Waals surface area (Å²) in [7, 11) is -2.02. The van der Waals surface area contributed by atoms with Crippen LogP contribution in [0, 0.1) is 0 Å². The summed E-state index contributed by atoms with van der Waals surface area (Å²) < 4.78 is 37.0. The van der Waals surface area contributed by atoms with E-state index in [2.05, 4.69) is 15.0 Å². The highest BCUT2D eigenvalue weighted by atomic mass is 32.2. The van der Waals surface area contributed by atoms with Crippen molar-refractivity contribution in [2.75, 3.05) is 22.9 Å². The Kier molecular flexibility index (Phi) is 8.04. The number of nitrogens with one attached hydrogen (secondary N) is 2. The molecule has 0 atom stereocenters. The van der Waals surface area contributed by atoms with Gasteiger partial charge in [-0.2, -0.15) is 0 Å². The molecule has 0 fully saturated rings. The third kappa shape index (κ3) is 7.36. The number of rotatable bonds is 10. The van der Waals surface area contributed by atoms with E-state index in [4.69, 9.17) is 9.47 Å². The van der Waals surface area contributed by atoms with Crippen LogP contribution >= 0.6 is 0 Å². The maximum atomic E-state index is 12.3. The van der Waals surface area contributed by atoms with Gasteiger partial charge in [0.25, 0.3) is 0 Å². The predicted molar refractivity (Wildman–Crippen MR) is 129 cm³/mol. The fourth-order valence-electron chi connectivity index (χ4n) is 2.77. The summed E-state index contributed by atoms with van der Waals surface area (Å²) in [4.78, 5) is 16.3. The minimum Gasteiger partial charge on any atom is -0.494 e. The van der Waals surface area contributed by atoms with Crippen molar-refractivity contribution < 1.29 is 22.7 Å². The van der Waals surface area contributed by atoms with E-state index in [-0.39, 0.29) is 11.7 Å². The summed E-state index contributed by atoms with van der Waals surface area (Å²) in [5.74, 6) is 0.620.